The van der Waals surface area contributed by atoms with Gasteiger partial charge in [-0.2, -0.15) is 0 Å². The summed E-state index contributed by atoms with van der Waals surface area (Å²) in [7, 11) is 1.83. The first-order valence-corrected chi connectivity index (χ1v) is 12.4. The van der Waals surface area contributed by atoms with Crippen LogP contribution in [0.5, 0.6) is 0 Å². The van der Waals surface area contributed by atoms with Gasteiger partial charge in [-0.15, -0.1) is 23.2 Å². The molecular weight excluding hydrogens is 552 g/mol. The van der Waals surface area contributed by atoms with Gasteiger partial charge in [-0.05, 0) is 72.6 Å². The molecule has 4 rings (SSSR count). The SMILES string of the molecule is CNc1ccc(NC(=O)c2cc(NC(=O)C3C(c4cc(Cl)cc(Cl)c4)C3(Cl)Cl)ccc2Cl)cc1C. The average Bonchev–Trinajstić information content (AvgIpc) is 3.36. The fraction of sp³-hybridized carbons (Fsp3) is 0.200. The summed E-state index contributed by atoms with van der Waals surface area (Å²) in [4.78, 5) is 25.9. The van der Waals surface area contributed by atoms with Crippen molar-refractivity contribution < 1.29 is 9.59 Å². The monoisotopic (exact) mass is 569 g/mol. The first kappa shape index (κ1) is 25.9. The van der Waals surface area contributed by atoms with Crippen molar-refractivity contribution in [2.45, 2.75) is 17.2 Å². The molecule has 2 amide bonds. The average molecular weight is 572 g/mol. The maximum Gasteiger partial charge on any atom is 0.257 e. The Hall–Kier alpha value is -2.15. The molecule has 35 heavy (non-hydrogen) atoms. The van der Waals surface area contributed by atoms with Crippen LogP contribution in [0.4, 0.5) is 17.1 Å². The zero-order valence-corrected chi connectivity index (χ0v) is 22.3. The predicted molar refractivity (Wildman–Crippen MR) is 146 cm³/mol. The number of hydrogen-bond donors (Lipinski definition) is 3. The molecule has 0 saturated heterocycles. The number of benzene rings is 3. The lowest BCUT2D eigenvalue weighted by Crippen LogP contribution is -2.18. The van der Waals surface area contributed by atoms with Gasteiger partial charge in [-0.1, -0.05) is 34.8 Å². The summed E-state index contributed by atoms with van der Waals surface area (Å²) in [5.74, 6) is -2.03. The molecule has 1 saturated carbocycles. The first-order chi connectivity index (χ1) is 16.5. The van der Waals surface area contributed by atoms with Crippen LogP contribution in [0, 0.1) is 12.8 Å². The summed E-state index contributed by atoms with van der Waals surface area (Å²) in [5, 5.41) is 9.77. The summed E-state index contributed by atoms with van der Waals surface area (Å²) in [5.41, 5.74) is 3.80. The quantitative estimate of drug-likeness (QED) is 0.265. The van der Waals surface area contributed by atoms with Crippen molar-refractivity contribution in [3.05, 3.63) is 86.4 Å². The lowest BCUT2D eigenvalue weighted by atomic mass is 10.1. The summed E-state index contributed by atoms with van der Waals surface area (Å²) >= 11 is 31.3. The smallest absolute Gasteiger partial charge is 0.257 e. The van der Waals surface area contributed by atoms with Gasteiger partial charge in [0.1, 0.15) is 4.33 Å². The van der Waals surface area contributed by atoms with Crippen molar-refractivity contribution >= 4 is 86.9 Å². The predicted octanol–water partition coefficient (Wildman–Crippen LogP) is 7.78. The van der Waals surface area contributed by atoms with Crippen molar-refractivity contribution in [2.24, 2.45) is 5.92 Å². The number of rotatable bonds is 6. The molecule has 3 aromatic rings. The van der Waals surface area contributed by atoms with E-state index in [1.165, 1.54) is 12.1 Å². The summed E-state index contributed by atoms with van der Waals surface area (Å²) in [6.07, 6.45) is 0. The normalized spacial score (nSPS) is 18.0. The van der Waals surface area contributed by atoms with E-state index in [2.05, 4.69) is 16.0 Å². The van der Waals surface area contributed by atoms with Crippen molar-refractivity contribution in [1.29, 1.82) is 0 Å². The van der Waals surface area contributed by atoms with E-state index < -0.39 is 28.0 Å². The summed E-state index contributed by atoms with van der Waals surface area (Å²) in [6.45, 7) is 1.93. The van der Waals surface area contributed by atoms with Crippen LogP contribution >= 0.6 is 58.0 Å². The molecule has 2 atom stereocenters. The third-order valence-electron chi connectivity index (χ3n) is 5.81. The molecule has 1 aliphatic rings. The number of anilines is 3. The van der Waals surface area contributed by atoms with E-state index in [1.807, 2.05) is 26.1 Å². The minimum Gasteiger partial charge on any atom is -0.388 e. The van der Waals surface area contributed by atoms with Crippen LogP contribution in [0.2, 0.25) is 15.1 Å². The highest BCUT2D eigenvalue weighted by Gasteiger charge is 2.67. The number of aryl methyl sites for hydroxylation is 1. The molecule has 3 N–H and O–H groups in total. The number of halogens is 5. The first-order valence-electron chi connectivity index (χ1n) is 10.5. The number of hydrogen-bond acceptors (Lipinski definition) is 3. The van der Waals surface area contributed by atoms with Crippen molar-refractivity contribution in [1.82, 2.24) is 0 Å². The minimum absolute atomic E-state index is 0.205. The van der Waals surface area contributed by atoms with E-state index in [-0.39, 0.29) is 10.6 Å². The molecule has 0 radical (unpaired) electrons. The number of carbonyl (C=O) groups is 2. The largest absolute Gasteiger partial charge is 0.388 e. The third kappa shape index (κ3) is 5.50. The van der Waals surface area contributed by atoms with E-state index in [0.29, 0.717) is 27.0 Å². The molecule has 0 spiro atoms. The van der Waals surface area contributed by atoms with Gasteiger partial charge in [0.15, 0.2) is 0 Å². The van der Waals surface area contributed by atoms with Crippen LogP contribution in [0.25, 0.3) is 0 Å². The molecule has 10 heteroatoms. The maximum atomic E-state index is 13.0. The lowest BCUT2D eigenvalue weighted by Gasteiger charge is -2.12. The Balaban J connectivity index is 1.50. The molecule has 0 heterocycles. The molecule has 0 bridgehead atoms. The van der Waals surface area contributed by atoms with Crippen LogP contribution in [0.1, 0.15) is 27.4 Å². The number of alkyl halides is 2. The van der Waals surface area contributed by atoms with E-state index in [0.717, 1.165) is 11.3 Å². The fourth-order valence-electron chi connectivity index (χ4n) is 4.04. The van der Waals surface area contributed by atoms with Gasteiger partial charge < -0.3 is 16.0 Å². The molecular formula is C25H20Cl5N3O2. The van der Waals surface area contributed by atoms with E-state index in [9.17, 15) is 9.59 Å². The molecule has 5 nitrogen and oxygen atoms in total. The van der Waals surface area contributed by atoms with E-state index >= 15 is 0 Å². The molecule has 0 aromatic heterocycles. The topological polar surface area (TPSA) is 70.2 Å². The second-order valence-electron chi connectivity index (χ2n) is 8.25. The van der Waals surface area contributed by atoms with Crippen molar-refractivity contribution in [2.75, 3.05) is 23.0 Å². The Morgan fingerprint density at radius 3 is 2.11 bits per heavy atom. The van der Waals surface area contributed by atoms with Gasteiger partial charge in [0.2, 0.25) is 5.91 Å². The molecule has 3 aromatic carbocycles. The standard InChI is InChI=1S/C25H20Cl5N3O2/c1-12-7-16(4-6-20(12)31-2)32-23(34)18-11-17(3-5-19(18)28)33-24(35)22-21(25(22,29)30)13-8-14(26)10-15(27)9-13/h3-11,21-22,31H,1-2H3,(H,32,34)(H,33,35). The highest BCUT2D eigenvalue weighted by molar-refractivity contribution is 6.53. The zero-order valence-electron chi connectivity index (χ0n) is 18.6. The molecule has 182 valence electrons. The highest BCUT2D eigenvalue weighted by atomic mass is 35.5. The van der Waals surface area contributed by atoms with Crippen LogP contribution in [0.15, 0.2) is 54.6 Å². The molecule has 0 aliphatic heterocycles. The molecule has 1 fully saturated rings. The number of carbonyl (C=O) groups excluding carboxylic acids is 2. The Bertz CT molecular complexity index is 1310. The lowest BCUT2D eigenvalue weighted by molar-refractivity contribution is -0.117. The summed E-state index contributed by atoms with van der Waals surface area (Å²) < 4.78 is -1.32. The Morgan fingerprint density at radius 2 is 1.49 bits per heavy atom. The van der Waals surface area contributed by atoms with Gasteiger partial charge in [-0.3, -0.25) is 9.59 Å². The number of amides is 2. The van der Waals surface area contributed by atoms with Gasteiger partial charge >= 0.3 is 0 Å². The van der Waals surface area contributed by atoms with Gasteiger partial charge in [0.25, 0.3) is 5.91 Å². The van der Waals surface area contributed by atoms with Gasteiger partial charge in [0.05, 0.1) is 16.5 Å². The van der Waals surface area contributed by atoms with E-state index in [1.54, 1.807) is 30.3 Å². The van der Waals surface area contributed by atoms with Crippen molar-refractivity contribution in [3.8, 4) is 0 Å². The highest BCUT2D eigenvalue weighted by Crippen LogP contribution is 2.65. The second-order valence-corrected chi connectivity index (χ2v) is 11.0. The molecule has 2 unspecified atom stereocenters. The Morgan fingerprint density at radius 1 is 0.857 bits per heavy atom. The second kappa shape index (κ2) is 10.1. The van der Waals surface area contributed by atoms with Gasteiger partial charge in [-0.25, -0.2) is 0 Å². The number of nitrogens with one attached hydrogen (secondary N) is 3. The van der Waals surface area contributed by atoms with Gasteiger partial charge in [0, 0.05) is 40.1 Å². The Kier molecular flexibility index (Phi) is 7.46. The van der Waals surface area contributed by atoms with Crippen molar-refractivity contribution in [3.63, 3.8) is 0 Å². The van der Waals surface area contributed by atoms with Crippen LogP contribution in [0.3, 0.4) is 0 Å². The van der Waals surface area contributed by atoms with Crippen LogP contribution in [-0.2, 0) is 4.79 Å². The summed E-state index contributed by atoms with van der Waals surface area (Å²) in [6, 6.07) is 15.1. The van der Waals surface area contributed by atoms with Crippen LogP contribution in [-0.4, -0.2) is 23.2 Å². The zero-order chi connectivity index (χ0) is 25.5. The van der Waals surface area contributed by atoms with Crippen LogP contribution < -0.4 is 16.0 Å². The third-order valence-corrected chi connectivity index (χ3v) is 7.52. The Labute approximate surface area is 228 Å². The molecule has 1 aliphatic carbocycles. The minimum atomic E-state index is -1.32. The maximum absolute atomic E-state index is 13.0. The van der Waals surface area contributed by atoms with E-state index in [4.69, 9.17) is 58.0 Å². The fourth-order valence-corrected chi connectivity index (χ4v) is 5.61.